The normalized spacial score (nSPS) is 17.5. The van der Waals surface area contributed by atoms with Crippen LogP contribution in [0.2, 0.25) is 0 Å². The van der Waals surface area contributed by atoms with Crippen LogP contribution in [-0.2, 0) is 36.0 Å². The van der Waals surface area contributed by atoms with E-state index < -0.39 is 0 Å². The molecule has 2 aliphatic rings. The van der Waals surface area contributed by atoms with Gasteiger partial charge >= 0.3 is 0 Å². The van der Waals surface area contributed by atoms with Crippen LogP contribution < -0.4 is 4.74 Å². The molecule has 194 valence electrons. The molecule has 1 aromatic heterocycles. The van der Waals surface area contributed by atoms with Crippen LogP contribution in [-0.4, -0.2) is 82.0 Å². The number of benzene rings is 1. The van der Waals surface area contributed by atoms with Crippen molar-refractivity contribution >= 4 is 17.7 Å². The maximum Gasteiger partial charge on any atom is 0.274 e. The number of hydrogen-bond donors (Lipinski definition) is 0. The number of amides is 3. The molecule has 2 aliphatic heterocycles. The van der Waals surface area contributed by atoms with Crippen LogP contribution in [0.3, 0.4) is 0 Å². The summed E-state index contributed by atoms with van der Waals surface area (Å²) in [6, 6.07) is 7.51. The molecular formula is C27H37N5O4. The van der Waals surface area contributed by atoms with E-state index in [0.717, 1.165) is 35.4 Å². The molecule has 4 rings (SSSR count). The van der Waals surface area contributed by atoms with Gasteiger partial charge in [0.05, 0.1) is 19.4 Å². The van der Waals surface area contributed by atoms with Crippen molar-refractivity contribution in [3.05, 3.63) is 46.8 Å². The van der Waals surface area contributed by atoms with Crippen LogP contribution in [0.5, 0.6) is 5.75 Å². The summed E-state index contributed by atoms with van der Waals surface area (Å²) in [5, 5.41) is 4.58. The first kappa shape index (κ1) is 25.7. The number of ether oxygens (including phenoxy) is 1. The third kappa shape index (κ3) is 5.24. The average molecular weight is 496 g/mol. The van der Waals surface area contributed by atoms with Crippen LogP contribution in [0.15, 0.2) is 24.3 Å². The van der Waals surface area contributed by atoms with E-state index in [4.69, 9.17) is 4.74 Å². The Morgan fingerprint density at radius 3 is 2.47 bits per heavy atom. The van der Waals surface area contributed by atoms with Gasteiger partial charge in [-0.1, -0.05) is 12.1 Å². The van der Waals surface area contributed by atoms with Gasteiger partial charge in [0.1, 0.15) is 5.75 Å². The highest BCUT2D eigenvalue weighted by Crippen LogP contribution is 2.26. The lowest BCUT2D eigenvalue weighted by Gasteiger charge is -2.34. The lowest BCUT2D eigenvalue weighted by Crippen LogP contribution is -2.47. The number of nitrogens with zero attached hydrogens (tertiary/aromatic N) is 5. The van der Waals surface area contributed by atoms with Gasteiger partial charge in [0.15, 0.2) is 5.69 Å². The molecule has 9 heteroatoms. The number of fused-ring (bicyclic) bond motifs is 1. The van der Waals surface area contributed by atoms with Crippen molar-refractivity contribution in [3.63, 3.8) is 0 Å². The molecule has 2 aromatic rings. The Balaban J connectivity index is 1.47. The monoisotopic (exact) mass is 495 g/mol. The quantitative estimate of drug-likeness (QED) is 0.588. The second-order valence-electron chi connectivity index (χ2n) is 9.59. The van der Waals surface area contributed by atoms with Crippen molar-refractivity contribution in [1.29, 1.82) is 0 Å². The molecule has 0 spiro atoms. The fourth-order valence-corrected chi connectivity index (χ4v) is 5.31. The molecule has 36 heavy (non-hydrogen) atoms. The Morgan fingerprint density at radius 1 is 1.08 bits per heavy atom. The first-order chi connectivity index (χ1) is 17.4. The van der Waals surface area contributed by atoms with Gasteiger partial charge in [-0.15, -0.1) is 0 Å². The van der Waals surface area contributed by atoms with Crippen LogP contribution in [0.1, 0.15) is 54.0 Å². The summed E-state index contributed by atoms with van der Waals surface area (Å²) in [5.41, 5.74) is 3.16. The molecule has 9 nitrogen and oxygen atoms in total. The highest BCUT2D eigenvalue weighted by molar-refractivity contribution is 5.95. The highest BCUT2D eigenvalue weighted by Gasteiger charge is 2.35. The third-order valence-electron chi connectivity index (χ3n) is 7.44. The minimum Gasteiger partial charge on any atom is -0.497 e. The predicted molar refractivity (Wildman–Crippen MR) is 136 cm³/mol. The second-order valence-corrected chi connectivity index (χ2v) is 9.59. The summed E-state index contributed by atoms with van der Waals surface area (Å²) in [4.78, 5) is 45.0. The Bertz CT molecular complexity index is 1110. The number of likely N-dealkylation sites (tertiary alicyclic amines) is 1. The number of carbonyl (C=O) groups excluding carboxylic acids is 3. The Kier molecular flexibility index (Phi) is 7.96. The average Bonchev–Trinajstić information content (AvgIpc) is 3.25. The second kappa shape index (κ2) is 11.1. The van der Waals surface area contributed by atoms with Gasteiger partial charge in [0.2, 0.25) is 11.8 Å². The number of carbonyl (C=O) groups is 3. The number of piperidine rings is 1. The largest absolute Gasteiger partial charge is 0.497 e. The van der Waals surface area contributed by atoms with Gasteiger partial charge in [-0.2, -0.15) is 5.10 Å². The molecule has 1 atom stereocenters. The van der Waals surface area contributed by atoms with E-state index in [2.05, 4.69) is 5.10 Å². The molecule has 0 N–H and O–H groups in total. The molecule has 1 aromatic carbocycles. The maximum atomic E-state index is 13.6. The van der Waals surface area contributed by atoms with E-state index in [1.807, 2.05) is 55.0 Å². The van der Waals surface area contributed by atoms with Gasteiger partial charge < -0.3 is 19.4 Å². The summed E-state index contributed by atoms with van der Waals surface area (Å²) in [7, 11) is 3.47. The number of methoxy groups -OCH3 is 1. The van der Waals surface area contributed by atoms with E-state index in [1.165, 1.54) is 0 Å². The summed E-state index contributed by atoms with van der Waals surface area (Å²) in [6.07, 6.45) is 2.55. The summed E-state index contributed by atoms with van der Waals surface area (Å²) in [5.74, 6) is 0.580. The van der Waals surface area contributed by atoms with Crippen LogP contribution in [0, 0.1) is 5.92 Å². The summed E-state index contributed by atoms with van der Waals surface area (Å²) in [6.45, 7) is 7.31. The van der Waals surface area contributed by atoms with E-state index in [0.29, 0.717) is 57.8 Å². The standard InChI is InChI=1S/C27H37N5O4/c1-5-30(6-2)26(34)20-8-7-14-32(17-20)27(35)25-22-18-31(15-13-23(22)29(3)28-25)24(33)16-19-9-11-21(36-4)12-10-19/h9-12,20H,5-8,13-18H2,1-4H3/t20-/m1/s1. The van der Waals surface area contributed by atoms with Gasteiger partial charge in [-0.05, 0) is 44.4 Å². The zero-order chi connectivity index (χ0) is 25.8. The number of aryl methyl sites for hydroxylation is 1. The zero-order valence-corrected chi connectivity index (χ0v) is 21.8. The van der Waals surface area contributed by atoms with Crippen LogP contribution >= 0.6 is 0 Å². The molecular weight excluding hydrogens is 458 g/mol. The molecule has 0 unspecified atom stereocenters. The van der Waals surface area contributed by atoms with E-state index >= 15 is 0 Å². The molecule has 1 saturated heterocycles. The van der Waals surface area contributed by atoms with E-state index in [9.17, 15) is 14.4 Å². The van der Waals surface area contributed by atoms with Gasteiger partial charge in [0.25, 0.3) is 5.91 Å². The number of rotatable bonds is 7. The minimum atomic E-state index is -0.176. The smallest absolute Gasteiger partial charge is 0.274 e. The first-order valence-electron chi connectivity index (χ1n) is 12.9. The topological polar surface area (TPSA) is 88.0 Å². The lowest BCUT2D eigenvalue weighted by molar-refractivity contribution is -0.136. The predicted octanol–water partition coefficient (Wildman–Crippen LogP) is 2.28. The number of hydrogen-bond acceptors (Lipinski definition) is 5. The highest BCUT2D eigenvalue weighted by atomic mass is 16.5. The molecule has 0 bridgehead atoms. The van der Waals surface area contributed by atoms with E-state index in [-0.39, 0.29) is 23.6 Å². The van der Waals surface area contributed by atoms with Crippen molar-refractivity contribution < 1.29 is 19.1 Å². The van der Waals surface area contributed by atoms with Crippen LogP contribution in [0.4, 0.5) is 0 Å². The zero-order valence-electron chi connectivity index (χ0n) is 21.8. The van der Waals surface area contributed by atoms with Gasteiger partial charge in [-0.25, -0.2) is 0 Å². The molecule has 0 aliphatic carbocycles. The van der Waals surface area contributed by atoms with Crippen molar-refractivity contribution in [2.24, 2.45) is 13.0 Å². The Morgan fingerprint density at radius 2 is 1.81 bits per heavy atom. The molecule has 0 radical (unpaired) electrons. The summed E-state index contributed by atoms with van der Waals surface area (Å²) >= 11 is 0. The van der Waals surface area contributed by atoms with Crippen molar-refractivity contribution in [2.45, 2.75) is 46.1 Å². The van der Waals surface area contributed by atoms with E-state index in [1.54, 1.807) is 16.7 Å². The maximum absolute atomic E-state index is 13.6. The first-order valence-corrected chi connectivity index (χ1v) is 12.9. The molecule has 1 fully saturated rings. The number of aromatic nitrogens is 2. The van der Waals surface area contributed by atoms with Crippen LogP contribution in [0.25, 0.3) is 0 Å². The van der Waals surface area contributed by atoms with Crippen molar-refractivity contribution in [2.75, 3.05) is 39.8 Å². The molecule has 3 heterocycles. The molecule has 0 saturated carbocycles. The fraction of sp³-hybridized carbons (Fsp3) is 0.556. The minimum absolute atomic E-state index is 0.0240. The van der Waals surface area contributed by atoms with Crippen molar-refractivity contribution in [3.8, 4) is 5.75 Å². The van der Waals surface area contributed by atoms with Crippen molar-refractivity contribution in [1.82, 2.24) is 24.5 Å². The third-order valence-corrected chi connectivity index (χ3v) is 7.44. The molecule has 3 amide bonds. The van der Waals surface area contributed by atoms with Gasteiger partial charge in [-0.3, -0.25) is 19.1 Å². The fourth-order valence-electron chi connectivity index (χ4n) is 5.31. The SMILES string of the molecule is CCN(CC)C(=O)[C@@H]1CCCN(C(=O)c2nn(C)c3c2CN(C(=O)Cc2ccc(OC)cc2)CC3)C1. The Hall–Kier alpha value is -3.36. The Labute approximate surface area is 213 Å². The van der Waals surface area contributed by atoms with Gasteiger partial charge in [0, 0.05) is 64.0 Å². The lowest BCUT2D eigenvalue weighted by atomic mass is 9.95. The summed E-state index contributed by atoms with van der Waals surface area (Å²) < 4.78 is 6.97.